The molecule has 1 aromatic rings. The van der Waals surface area contributed by atoms with E-state index in [4.69, 9.17) is 5.73 Å². The van der Waals surface area contributed by atoms with Crippen LogP contribution in [0.25, 0.3) is 0 Å². The van der Waals surface area contributed by atoms with Crippen LogP contribution >= 0.6 is 15.9 Å². The van der Waals surface area contributed by atoms with Crippen molar-refractivity contribution in [2.45, 2.75) is 12.5 Å². The van der Waals surface area contributed by atoms with Crippen LogP contribution in [0.15, 0.2) is 28.7 Å². The van der Waals surface area contributed by atoms with Gasteiger partial charge < -0.3 is 11.1 Å². The normalized spacial score (nSPS) is 12.2. The minimum absolute atomic E-state index is 0.0413. The maximum atomic E-state index is 11.1. The van der Waals surface area contributed by atoms with Gasteiger partial charge in [0.2, 0.25) is 5.91 Å². The average molecular weight is 257 g/mol. The molecular formula is C10H13BrN2O. The lowest BCUT2D eigenvalue weighted by Crippen LogP contribution is -2.24. The van der Waals surface area contributed by atoms with Crippen molar-refractivity contribution in [3.8, 4) is 0 Å². The van der Waals surface area contributed by atoms with E-state index in [1.54, 1.807) is 7.05 Å². The van der Waals surface area contributed by atoms with Crippen molar-refractivity contribution in [1.82, 2.24) is 5.32 Å². The summed E-state index contributed by atoms with van der Waals surface area (Å²) in [6.45, 7) is 0. The molecule has 76 valence electrons. The van der Waals surface area contributed by atoms with Crippen LogP contribution in [0, 0.1) is 0 Å². The first-order chi connectivity index (χ1) is 6.63. The van der Waals surface area contributed by atoms with Gasteiger partial charge in [0, 0.05) is 24.0 Å². The molecule has 0 heterocycles. The van der Waals surface area contributed by atoms with Crippen LogP contribution < -0.4 is 11.1 Å². The molecular weight excluding hydrogens is 244 g/mol. The van der Waals surface area contributed by atoms with E-state index >= 15 is 0 Å². The highest BCUT2D eigenvalue weighted by Crippen LogP contribution is 2.17. The summed E-state index contributed by atoms with van der Waals surface area (Å²) in [6.07, 6.45) is 0.318. The van der Waals surface area contributed by atoms with Crippen molar-refractivity contribution in [3.63, 3.8) is 0 Å². The fraction of sp³-hybridized carbons (Fsp3) is 0.300. The second-order valence-corrected chi connectivity index (χ2v) is 3.95. The topological polar surface area (TPSA) is 55.1 Å². The predicted octanol–water partition coefficient (Wildman–Crippen LogP) is 1.59. The zero-order valence-corrected chi connectivity index (χ0v) is 9.54. The first kappa shape index (κ1) is 11.2. The Morgan fingerprint density at radius 3 is 2.57 bits per heavy atom. The van der Waals surface area contributed by atoms with Crippen LogP contribution in [0.2, 0.25) is 0 Å². The number of halogens is 1. The van der Waals surface area contributed by atoms with Crippen molar-refractivity contribution in [2.75, 3.05) is 7.05 Å². The van der Waals surface area contributed by atoms with Gasteiger partial charge in [-0.1, -0.05) is 28.1 Å². The second-order valence-electron chi connectivity index (χ2n) is 3.04. The third-order valence-electron chi connectivity index (χ3n) is 1.98. The zero-order chi connectivity index (χ0) is 10.6. The number of nitrogens with two attached hydrogens (primary N) is 1. The van der Waals surface area contributed by atoms with Crippen molar-refractivity contribution in [3.05, 3.63) is 34.3 Å². The minimum Gasteiger partial charge on any atom is -0.359 e. The Kier molecular flexibility index (Phi) is 4.10. The third-order valence-corrected chi connectivity index (χ3v) is 2.51. The Balaban J connectivity index is 2.65. The number of carbonyl (C=O) groups is 1. The first-order valence-corrected chi connectivity index (χ1v) is 5.14. The number of hydrogen-bond acceptors (Lipinski definition) is 2. The highest BCUT2D eigenvalue weighted by atomic mass is 79.9. The molecule has 0 radical (unpaired) electrons. The van der Waals surface area contributed by atoms with E-state index in [0.29, 0.717) is 6.42 Å². The fourth-order valence-electron chi connectivity index (χ4n) is 1.13. The quantitative estimate of drug-likeness (QED) is 0.863. The van der Waals surface area contributed by atoms with Crippen LogP contribution in [0.4, 0.5) is 0 Å². The molecule has 0 fully saturated rings. The van der Waals surface area contributed by atoms with E-state index in [0.717, 1.165) is 10.0 Å². The monoisotopic (exact) mass is 256 g/mol. The Bertz CT molecular complexity index is 310. The lowest BCUT2D eigenvalue weighted by atomic mass is 10.0. The summed E-state index contributed by atoms with van der Waals surface area (Å²) in [5, 5.41) is 2.55. The van der Waals surface area contributed by atoms with Gasteiger partial charge >= 0.3 is 0 Å². The Labute approximate surface area is 91.8 Å². The van der Waals surface area contributed by atoms with Gasteiger partial charge in [-0.2, -0.15) is 0 Å². The number of benzene rings is 1. The van der Waals surface area contributed by atoms with E-state index < -0.39 is 0 Å². The lowest BCUT2D eigenvalue weighted by Gasteiger charge is -2.10. The van der Waals surface area contributed by atoms with Gasteiger partial charge in [0.15, 0.2) is 0 Å². The van der Waals surface area contributed by atoms with E-state index in [-0.39, 0.29) is 11.9 Å². The van der Waals surface area contributed by atoms with Gasteiger partial charge in [0.25, 0.3) is 0 Å². The van der Waals surface area contributed by atoms with Gasteiger partial charge in [-0.3, -0.25) is 4.79 Å². The summed E-state index contributed by atoms with van der Waals surface area (Å²) in [5.74, 6) is -0.0413. The van der Waals surface area contributed by atoms with Gasteiger partial charge in [0.1, 0.15) is 0 Å². The van der Waals surface area contributed by atoms with Crippen LogP contribution in [0.3, 0.4) is 0 Å². The summed E-state index contributed by atoms with van der Waals surface area (Å²) in [5.41, 5.74) is 6.81. The molecule has 0 aliphatic rings. The van der Waals surface area contributed by atoms with Crippen LogP contribution in [-0.2, 0) is 4.79 Å². The molecule has 0 spiro atoms. The molecule has 1 rings (SSSR count). The molecule has 1 atom stereocenters. The Morgan fingerprint density at radius 2 is 2.07 bits per heavy atom. The number of rotatable bonds is 3. The molecule has 14 heavy (non-hydrogen) atoms. The second kappa shape index (κ2) is 5.12. The molecule has 1 unspecified atom stereocenters. The number of amides is 1. The standard InChI is InChI=1S/C10H13BrN2O/c1-13-10(14)6-9(12)7-2-4-8(11)5-3-7/h2-5,9H,6,12H2,1H3,(H,13,14). The fourth-order valence-corrected chi connectivity index (χ4v) is 1.39. The lowest BCUT2D eigenvalue weighted by molar-refractivity contribution is -0.120. The molecule has 3 nitrogen and oxygen atoms in total. The highest BCUT2D eigenvalue weighted by molar-refractivity contribution is 9.10. The van der Waals surface area contributed by atoms with E-state index in [1.807, 2.05) is 24.3 Å². The largest absolute Gasteiger partial charge is 0.359 e. The van der Waals surface area contributed by atoms with E-state index in [2.05, 4.69) is 21.2 Å². The van der Waals surface area contributed by atoms with E-state index in [9.17, 15) is 4.79 Å². The molecule has 3 N–H and O–H groups in total. The molecule has 0 saturated heterocycles. The highest BCUT2D eigenvalue weighted by Gasteiger charge is 2.09. The van der Waals surface area contributed by atoms with Crippen molar-refractivity contribution in [1.29, 1.82) is 0 Å². The molecule has 0 aliphatic heterocycles. The molecule has 0 bridgehead atoms. The van der Waals surface area contributed by atoms with Crippen molar-refractivity contribution < 1.29 is 4.79 Å². The summed E-state index contributed by atoms with van der Waals surface area (Å²) in [4.78, 5) is 11.1. The number of hydrogen-bond donors (Lipinski definition) is 2. The summed E-state index contributed by atoms with van der Waals surface area (Å²) >= 11 is 3.34. The summed E-state index contributed by atoms with van der Waals surface area (Å²) in [7, 11) is 1.61. The Hall–Kier alpha value is -0.870. The van der Waals surface area contributed by atoms with Gasteiger partial charge in [-0.05, 0) is 17.7 Å². The molecule has 0 aliphatic carbocycles. The van der Waals surface area contributed by atoms with Crippen LogP contribution in [-0.4, -0.2) is 13.0 Å². The molecule has 1 aromatic carbocycles. The van der Waals surface area contributed by atoms with E-state index in [1.165, 1.54) is 0 Å². The van der Waals surface area contributed by atoms with Gasteiger partial charge in [-0.25, -0.2) is 0 Å². The maximum absolute atomic E-state index is 11.1. The Morgan fingerprint density at radius 1 is 1.50 bits per heavy atom. The molecule has 0 aromatic heterocycles. The van der Waals surface area contributed by atoms with Crippen molar-refractivity contribution >= 4 is 21.8 Å². The van der Waals surface area contributed by atoms with Gasteiger partial charge in [-0.15, -0.1) is 0 Å². The van der Waals surface area contributed by atoms with Crippen LogP contribution in [0.1, 0.15) is 18.0 Å². The summed E-state index contributed by atoms with van der Waals surface area (Å²) in [6, 6.07) is 7.43. The maximum Gasteiger partial charge on any atom is 0.221 e. The zero-order valence-electron chi connectivity index (χ0n) is 7.96. The SMILES string of the molecule is CNC(=O)CC(N)c1ccc(Br)cc1. The van der Waals surface area contributed by atoms with Crippen LogP contribution in [0.5, 0.6) is 0 Å². The van der Waals surface area contributed by atoms with Gasteiger partial charge in [0.05, 0.1) is 0 Å². The first-order valence-electron chi connectivity index (χ1n) is 4.35. The minimum atomic E-state index is -0.233. The number of nitrogens with one attached hydrogen (secondary N) is 1. The third kappa shape index (κ3) is 3.12. The smallest absolute Gasteiger partial charge is 0.221 e. The molecule has 1 amide bonds. The molecule has 4 heteroatoms. The number of carbonyl (C=O) groups excluding carboxylic acids is 1. The van der Waals surface area contributed by atoms with Crippen molar-refractivity contribution in [2.24, 2.45) is 5.73 Å². The predicted molar refractivity (Wildman–Crippen MR) is 59.8 cm³/mol. The summed E-state index contributed by atoms with van der Waals surface area (Å²) < 4.78 is 1.01. The average Bonchev–Trinajstić information content (AvgIpc) is 2.18. The molecule has 0 saturated carbocycles.